The van der Waals surface area contributed by atoms with E-state index in [2.05, 4.69) is 161 Å². The van der Waals surface area contributed by atoms with Crippen LogP contribution in [0.1, 0.15) is 49.4 Å². The molecule has 4 nitrogen and oxygen atoms in total. The van der Waals surface area contributed by atoms with Gasteiger partial charge >= 0.3 is 0 Å². The van der Waals surface area contributed by atoms with Gasteiger partial charge in [-0.1, -0.05) is 183 Å². The van der Waals surface area contributed by atoms with E-state index in [0.29, 0.717) is 11.5 Å². The Morgan fingerprint density at radius 2 is 1.32 bits per heavy atom. The molecule has 0 fully saturated rings. The van der Waals surface area contributed by atoms with Crippen LogP contribution >= 0.6 is 0 Å². The Morgan fingerprint density at radius 3 is 2.10 bits per heavy atom. The predicted molar refractivity (Wildman–Crippen MR) is 266 cm³/mol. The van der Waals surface area contributed by atoms with Crippen molar-refractivity contribution in [3.8, 4) is 11.1 Å². The van der Waals surface area contributed by atoms with Crippen LogP contribution in [-0.2, 0) is 0 Å². The van der Waals surface area contributed by atoms with Crippen LogP contribution in [0, 0.1) is 0 Å². The fourth-order valence-electron chi connectivity index (χ4n) is 8.67. The van der Waals surface area contributed by atoms with Gasteiger partial charge in [0.1, 0.15) is 0 Å². The molecule has 0 spiro atoms. The van der Waals surface area contributed by atoms with Crippen LogP contribution in [0.25, 0.3) is 65.7 Å². The van der Waals surface area contributed by atoms with Crippen LogP contribution in [0.3, 0.4) is 0 Å². The number of aliphatic imine (C=N–C) groups is 2. The highest BCUT2D eigenvalue weighted by molar-refractivity contribution is 6.22. The minimum absolute atomic E-state index is 0.590. The molecule has 0 amide bonds. The van der Waals surface area contributed by atoms with E-state index in [1.165, 1.54) is 16.7 Å². The van der Waals surface area contributed by atoms with E-state index in [0.717, 1.165) is 94.4 Å². The van der Waals surface area contributed by atoms with E-state index in [1.807, 2.05) is 61.8 Å². The molecule has 0 radical (unpaired) electrons. The quantitative estimate of drug-likeness (QED) is 0.0632. The maximum Gasteiger partial charge on any atom is 0.160 e. The van der Waals surface area contributed by atoms with E-state index in [1.54, 1.807) is 0 Å². The number of hydrogen-bond donors (Lipinski definition) is 0. The molecule has 62 heavy (non-hydrogen) atoms. The number of aromatic nitrogens is 2. The third kappa shape index (κ3) is 7.59. The molecular formula is C58H46N4. The number of hydrogen-bond acceptors (Lipinski definition) is 3. The summed E-state index contributed by atoms with van der Waals surface area (Å²) in [6.45, 7) is 14.9. The third-order valence-corrected chi connectivity index (χ3v) is 11.6. The van der Waals surface area contributed by atoms with E-state index in [-0.39, 0.29) is 0 Å². The van der Waals surface area contributed by atoms with Crippen molar-refractivity contribution < 1.29 is 0 Å². The molecule has 9 rings (SSSR count). The Kier molecular flexibility index (Phi) is 11.1. The average molecular weight is 799 g/mol. The first-order valence-corrected chi connectivity index (χ1v) is 21.0. The summed E-state index contributed by atoms with van der Waals surface area (Å²) in [5.74, 6) is 0.590. The predicted octanol–water partition coefficient (Wildman–Crippen LogP) is 15.0. The zero-order valence-corrected chi connectivity index (χ0v) is 35.3. The molecule has 0 N–H and O–H groups in total. The van der Waals surface area contributed by atoms with Crippen molar-refractivity contribution in [3.63, 3.8) is 0 Å². The second-order valence-electron chi connectivity index (χ2n) is 15.5. The van der Waals surface area contributed by atoms with Crippen LogP contribution in [0.4, 0.5) is 0 Å². The second-order valence-corrected chi connectivity index (χ2v) is 15.5. The first kappa shape index (κ1) is 39.6. The summed E-state index contributed by atoms with van der Waals surface area (Å²) in [6.07, 6.45) is 19.4. The Bertz CT molecular complexity index is 3320. The summed E-state index contributed by atoms with van der Waals surface area (Å²) < 4.78 is 0. The van der Waals surface area contributed by atoms with Gasteiger partial charge < -0.3 is 0 Å². The van der Waals surface area contributed by atoms with Crippen LogP contribution < -0.4 is 0 Å². The SMILES string of the molecule is C=C/C=C(\C1=C(C)C/C(=C\C=C/C)C=C1)c1cccc2c(C(=N/C(=C)c3ccccc3)/N=C(\C)c3cccc4c(-c5ccnc6c5ccc5cccnc56)cccc34)cccc12. The Balaban J connectivity index is 1.19. The minimum Gasteiger partial charge on any atom is -0.254 e. The molecule has 0 aliphatic heterocycles. The molecule has 298 valence electrons. The lowest BCUT2D eigenvalue weighted by molar-refractivity contribution is 1.11. The Morgan fingerprint density at radius 1 is 0.629 bits per heavy atom. The lowest BCUT2D eigenvalue weighted by atomic mass is 9.85. The molecule has 4 heteroatoms. The summed E-state index contributed by atoms with van der Waals surface area (Å²) in [6, 6.07) is 46.4. The van der Waals surface area contributed by atoms with E-state index in [4.69, 9.17) is 20.0 Å². The molecule has 0 saturated carbocycles. The molecule has 1 aliphatic rings. The van der Waals surface area contributed by atoms with Crippen LogP contribution in [0.15, 0.2) is 228 Å². The van der Waals surface area contributed by atoms with Gasteiger partial charge in [0.2, 0.25) is 0 Å². The lowest BCUT2D eigenvalue weighted by Gasteiger charge is -2.20. The van der Waals surface area contributed by atoms with E-state index < -0.39 is 0 Å². The molecule has 2 aromatic heterocycles. The normalized spacial score (nSPS) is 14.6. The van der Waals surface area contributed by atoms with Gasteiger partial charge in [-0.05, 0) is 99.8 Å². The number of allylic oxidation sites excluding steroid dienone is 11. The van der Waals surface area contributed by atoms with Crippen LogP contribution in [-0.4, -0.2) is 21.5 Å². The fraction of sp³-hybridized carbons (Fsp3) is 0.0690. The first-order chi connectivity index (χ1) is 30.4. The van der Waals surface area contributed by atoms with E-state index in [9.17, 15) is 0 Å². The van der Waals surface area contributed by atoms with Crippen molar-refractivity contribution in [1.29, 1.82) is 0 Å². The van der Waals surface area contributed by atoms with Gasteiger partial charge in [-0.3, -0.25) is 9.97 Å². The zero-order chi connectivity index (χ0) is 42.6. The lowest BCUT2D eigenvalue weighted by Crippen LogP contribution is -2.06. The standard InChI is InChI=1S/C58H46N4/c1-6-8-18-41-30-32-44(38(3)37-41)46(17-7-2)48-25-14-28-52-50(48)27-15-29-55(52)58(61-39(4)42-19-10-9-11-20-42)62-40(5)45-22-12-24-49-47(45)23-13-26-51(49)53-34-36-60-57-54(53)33-31-43-21-16-35-59-56(43)57/h6-36H,2,4,37H2,1,3,5H3/b8-6-,41-18-,46-17+,61-58-,62-40+. The first-order valence-electron chi connectivity index (χ1n) is 21.0. The van der Waals surface area contributed by atoms with Gasteiger partial charge in [-0.2, -0.15) is 0 Å². The summed E-state index contributed by atoms with van der Waals surface area (Å²) in [4.78, 5) is 20.2. The number of nitrogens with zero attached hydrogens (tertiary/aromatic N) is 4. The maximum atomic E-state index is 5.44. The Hall–Kier alpha value is -7.82. The molecule has 0 bridgehead atoms. The van der Waals surface area contributed by atoms with Crippen molar-refractivity contribution in [2.45, 2.75) is 27.2 Å². The van der Waals surface area contributed by atoms with Gasteiger partial charge in [0.15, 0.2) is 5.84 Å². The molecule has 8 aromatic rings. The molecule has 0 atom stereocenters. The monoisotopic (exact) mass is 798 g/mol. The van der Waals surface area contributed by atoms with Crippen molar-refractivity contribution in [3.05, 3.63) is 241 Å². The van der Waals surface area contributed by atoms with Crippen molar-refractivity contribution in [2.75, 3.05) is 0 Å². The molecule has 0 unspecified atom stereocenters. The summed E-state index contributed by atoms with van der Waals surface area (Å²) in [5, 5.41) is 6.52. The van der Waals surface area contributed by atoms with Crippen LogP contribution in [0.2, 0.25) is 0 Å². The van der Waals surface area contributed by atoms with Gasteiger partial charge in [0, 0.05) is 40.0 Å². The van der Waals surface area contributed by atoms with Crippen molar-refractivity contribution >= 4 is 66.2 Å². The molecule has 1 aliphatic carbocycles. The minimum atomic E-state index is 0.590. The number of pyridine rings is 2. The zero-order valence-electron chi connectivity index (χ0n) is 35.3. The van der Waals surface area contributed by atoms with Gasteiger partial charge in [-0.25, -0.2) is 9.98 Å². The average Bonchev–Trinajstić information content (AvgIpc) is 3.31. The molecule has 2 heterocycles. The molecule has 0 saturated heterocycles. The number of amidine groups is 1. The fourth-order valence-corrected chi connectivity index (χ4v) is 8.67. The largest absolute Gasteiger partial charge is 0.254 e. The molecule has 6 aromatic carbocycles. The van der Waals surface area contributed by atoms with E-state index >= 15 is 0 Å². The number of benzene rings is 6. The highest BCUT2D eigenvalue weighted by Gasteiger charge is 2.19. The second kappa shape index (κ2) is 17.4. The highest BCUT2D eigenvalue weighted by atomic mass is 14.9. The highest BCUT2D eigenvalue weighted by Crippen LogP contribution is 2.39. The summed E-state index contributed by atoms with van der Waals surface area (Å²) in [7, 11) is 0. The van der Waals surface area contributed by atoms with Gasteiger partial charge in [0.25, 0.3) is 0 Å². The topological polar surface area (TPSA) is 50.5 Å². The smallest absolute Gasteiger partial charge is 0.160 e. The Labute approximate surface area is 363 Å². The van der Waals surface area contributed by atoms with Crippen molar-refractivity contribution in [2.24, 2.45) is 9.98 Å². The summed E-state index contributed by atoms with van der Waals surface area (Å²) in [5.41, 5.74) is 14.5. The summed E-state index contributed by atoms with van der Waals surface area (Å²) >= 11 is 0. The maximum absolute atomic E-state index is 5.44. The third-order valence-electron chi connectivity index (χ3n) is 11.6. The number of rotatable bonds is 9. The van der Waals surface area contributed by atoms with Crippen molar-refractivity contribution in [1.82, 2.24) is 9.97 Å². The molecular weight excluding hydrogens is 753 g/mol. The number of fused-ring (bicyclic) bond motifs is 5. The van der Waals surface area contributed by atoms with Gasteiger partial charge in [-0.15, -0.1) is 0 Å². The van der Waals surface area contributed by atoms with Gasteiger partial charge in [0.05, 0.1) is 16.7 Å². The van der Waals surface area contributed by atoms with Crippen LogP contribution in [0.5, 0.6) is 0 Å².